The minimum atomic E-state index is -0.467. The van der Waals surface area contributed by atoms with E-state index in [2.05, 4.69) is 13.2 Å². The smallest absolute Gasteiger partial charge is 0.330 e. The van der Waals surface area contributed by atoms with E-state index in [1.165, 1.54) is 0 Å². The van der Waals surface area contributed by atoms with Crippen LogP contribution in [0.4, 0.5) is 0 Å². The molecule has 4 heteroatoms. The van der Waals surface area contributed by atoms with Gasteiger partial charge in [0.15, 0.2) is 0 Å². The molecular formula is C12H18O4. The topological polar surface area (TPSA) is 52.6 Å². The lowest BCUT2D eigenvalue weighted by Gasteiger charge is -2.15. The van der Waals surface area contributed by atoms with Crippen LogP contribution in [0, 0.1) is 0 Å². The van der Waals surface area contributed by atoms with E-state index in [0.29, 0.717) is 6.42 Å². The predicted octanol–water partition coefficient (Wildman–Crippen LogP) is 2.00. The molecule has 4 nitrogen and oxygen atoms in total. The summed E-state index contributed by atoms with van der Waals surface area (Å²) in [7, 11) is 0. The molecule has 0 radical (unpaired) electrons. The second-order valence-electron chi connectivity index (χ2n) is 3.21. The Balaban J connectivity index is 3.92. The summed E-state index contributed by atoms with van der Waals surface area (Å²) in [6, 6.07) is 0. The summed E-state index contributed by atoms with van der Waals surface area (Å²) < 4.78 is 9.89. The Bertz CT molecular complexity index is 258. The molecule has 0 N–H and O–H groups in total. The molecule has 0 heterocycles. The zero-order valence-electron chi connectivity index (χ0n) is 9.61. The molecule has 0 fully saturated rings. The van der Waals surface area contributed by atoms with E-state index in [4.69, 9.17) is 9.47 Å². The van der Waals surface area contributed by atoms with Crippen molar-refractivity contribution in [1.82, 2.24) is 0 Å². The summed E-state index contributed by atoms with van der Waals surface area (Å²) in [6.07, 6.45) is 4.12. The number of esters is 2. The molecule has 0 bridgehead atoms. The molecule has 16 heavy (non-hydrogen) atoms. The molecule has 0 aromatic heterocycles. The summed E-state index contributed by atoms with van der Waals surface area (Å²) in [4.78, 5) is 21.8. The second kappa shape index (κ2) is 8.71. The van der Waals surface area contributed by atoms with Gasteiger partial charge in [0, 0.05) is 18.6 Å². The van der Waals surface area contributed by atoms with Crippen LogP contribution in [0.5, 0.6) is 0 Å². The molecule has 1 atom stereocenters. The van der Waals surface area contributed by atoms with E-state index in [1.54, 1.807) is 0 Å². The van der Waals surface area contributed by atoms with Gasteiger partial charge in [-0.25, -0.2) is 9.59 Å². The van der Waals surface area contributed by atoms with Gasteiger partial charge in [0.05, 0.1) is 6.61 Å². The predicted molar refractivity (Wildman–Crippen MR) is 60.8 cm³/mol. The van der Waals surface area contributed by atoms with Gasteiger partial charge < -0.3 is 9.47 Å². The van der Waals surface area contributed by atoms with Crippen LogP contribution in [0.25, 0.3) is 0 Å². The first-order chi connectivity index (χ1) is 7.63. The van der Waals surface area contributed by atoms with Crippen LogP contribution < -0.4 is 0 Å². The van der Waals surface area contributed by atoms with Crippen molar-refractivity contribution in [2.45, 2.75) is 32.3 Å². The Morgan fingerprint density at radius 1 is 1.19 bits per heavy atom. The Morgan fingerprint density at radius 2 is 1.81 bits per heavy atom. The quantitative estimate of drug-likeness (QED) is 0.469. The zero-order valence-corrected chi connectivity index (χ0v) is 9.61. The number of hydrogen-bond acceptors (Lipinski definition) is 4. The Morgan fingerprint density at radius 3 is 2.31 bits per heavy atom. The maximum Gasteiger partial charge on any atom is 0.330 e. The van der Waals surface area contributed by atoms with Gasteiger partial charge in [-0.1, -0.05) is 26.5 Å². The third kappa shape index (κ3) is 6.81. The minimum absolute atomic E-state index is 0.222. The lowest BCUT2D eigenvalue weighted by Crippen LogP contribution is -2.19. The number of carbonyl (C=O) groups excluding carboxylic acids is 2. The highest BCUT2D eigenvalue weighted by molar-refractivity contribution is 5.81. The average Bonchev–Trinajstić information content (AvgIpc) is 2.28. The fourth-order valence-corrected chi connectivity index (χ4v) is 1.15. The molecule has 0 aromatic carbocycles. The highest BCUT2D eigenvalue weighted by atomic mass is 16.6. The van der Waals surface area contributed by atoms with Crippen molar-refractivity contribution in [3.63, 3.8) is 0 Å². The number of hydrogen-bond donors (Lipinski definition) is 0. The highest BCUT2D eigenvalue weighted by Gasteiger charge is 2.12. The fourth-order valence-electron chi connectivity index (χ4n) is 1.15. The summed E-state index contributed by atoms with van der Waals surface area (Å²) in [5.74, 6) is -0.918. The van der Waals surface area contributed by atoms with Crippen LogP contribution in [0.2, 0.25) is 0 Å². The number of carbonyl (C=O) groups is 2. The first-order valence-electron chi connectivity index (χ1n) is 5.26. The largest absolute Gasteiger partial charge is 0.462 e. The summed E-state index contributed by atoms with van der Waals surface area (Å²) in [5, 5.41) is 0. The van der Waals surface area contributed by atoms with Crippen molar-refractivity contribution in [3.05, 3.63) is 25.3 Å². The molecule has 0 spiro atoms. The Hall–Kier alpha value is -1.58. The molecule has 0 saturated carbocycles. The molecule has 0 aliphatic heterocycles. The molecule has 0 aromatic rings. The Labute approximate surface area is 95.9 Å². The van der Waals surface area contributed by atoms with Crippen LogP contribution in [-0.2, 0) is 19.1 Å². The molecule has 0 rings (SSSR count). The Kier molecular flexibility index (Phi) is 7.85. The first kappa shape index (κ1) is 14.4. The minimum Gasteiger partial charge on any atom is -0.462 e. The monoisotopic (exact) mass is 226 g/mol. The third-order valence-electron chi connectivity index (χ3n) is 1.91. The van der Waals surface area contributed by atoms with Gasteiger partial charge in [-0.2, -0.15) is 0 Å². The van der Waals surface area contributed by atoms with Crippen molar-refractivity contribution in [2.24, 2.45) is 0 Å². The molecule has 0 amide bonds. The van der Waals surface area contributed by atoms with Crippen LogP contribution in [0.15, 0.2) is 25.3 Å². The van der Waals surface area contributed by atoms with E-state index >= 15 is 0 Å². The molecule has 0 saturated heterocycles. The van der Waals surface area contributed by atoms with Crippen LogP contribution in [-0.4, -0.2) is 24.6 Å². The van der Waals surface area contributed by atoms with E-state index in [1.807, 2.05) is 6.92 Å². The second-order valence-corrected chi connectivity index (χ2v) is 3.21. The van der Waals surface area contributed by atoms with Gasteiger partial charge >= 0.3 is 11.9 Å². The zero-order chi connectivity index (χ0) is 12.4. The maximum atomic E-state index is 11.0. The van der Waals surface area contributed by atoms with Crippen molar-refractivity contribution in [1.29, 1.82) is 0 Å². The van der Waals surface area contributed by atoms with Crippen molar-refractivity contribution in [2.75, 3.05) is 6.61 Å². The summed E-state index contributed by atoms with van der Waals surface area (Å²) in [5.41, 5.74) is 0. The maximum absolute atomic E-state index is 11.0. The van der Waals surface area contributed by atoms with Crippen LogP contribution in [0.1, 0.15) is 26.2 Å². The number of ether oxygens (including phenoxy) is 2. The lowest BCUT2D eigenvalue weighted by atomic mass is 10.1. The molecular weight excluding hydrogens is 208 g/mol. The highest BCUT2D eigenvalue weighted by Crippen LogP contribution is 2.08. The summed E-state index contributed by atoms with van der Waals surface area (Å²) in [6.45, 7) is 8.82. The van der Waals surface area contributed by atoms with E-state index in [0.717, 1.165) is 25.0 Å². The molecule has 0 aliphatic carbocycles. The summed E-state index contributed by atoms with van der Waals surface area (Å²) >= 11 is 0. The standard InChI is InChI=1S/C12H18O4/c1-4-7-10(16-12(14)6-3)8-9-15-11(13)5-2/h5-6,10H,2-4,7-9H2,1H3. The molecule has 1 unspecified atom stereocenters. The van der Waals surface area contributed by atoms with E-state index < -0.39 is 11.9 Å². The lowest BCUT2D eigenvalue weighted by molar-refractivity contribution is -0.145. The van der Waals surface area contributed by atoms with Gasteiger partial charge in [0.1, 0.15) is 6.10 Å². The average molecular weight is 226 g/mol. The van der Waals surface area contributed by atoms with Crippen molar-refractivity contribution >= 4 is 11.9 Å². The molecule has 90 valence electrons. The van der Waals surface area contributed by atoms with Crippen molar-refractivity contribution < 1.29 is 19.1 Å². The van der Waals surface area contributed by atoms with Crippen LogP contribution >= 0.6 is 0 Å². The van der Waals surface area contributed by atoms with Crippen LogP contribution in [0.3, 0.4) is 0 Å². The normalized spacial score (nSPS) is 11.3. The van der Waals surface area contributed by atoms with Gasteiger partial charge in [-0.3, -0.25) is 0 Å². The fraction of sp³-hybridized carbons (Fsp3) is 0.500. The molecule has 0 aliphatic rings. The SMILES string of the molecule is C=CC(=O)OCCC(CCC)OC(=O)C=C. The van der Waals surface area contributed by atoms with Gasteiger partial charge in [-0.05, 0) is 6.42 Å². The van der Waals surface area contributed by atoms with E-state index in [-0.39, 0.29) is 12.7 Å². The first-order valence-corrected chi connectivity index (χ1v) is 5.26. The van der Waals surface area contributed by atoms with Gasteiger partial charge in [-0.15, -0.1) is 0 Å². The van der Waals surface area contributed by atoms with E-state index in [9.17, 15) is 9.59 Å². The van der Waals surface area contributed by atoms with Gasteiger partial charge in [0.25, 0.3) is 0 Å². The number of rotatable bonds is 8. The van der Waals surface area contributed by atoms with Crippen molar-refractivity contribution in [3.8, 4) is 0 Å². The third-order valence-corrected chi connectivity index (χ3v) is 1.91. The van der Waals surface area contributed by atoms with Gasteiger partial charge in [0.2, 0.25) is 0 Å².